The van der Waals surface area contributed by atoms with Crippen molar-refractivity contribution in [2.45, 2.75) is 12.8 Å². The number of methoxy groups -OCH3 is 1. The van der Waals surface area contributed by atoms with Crippen LogP contribution in [0.3, 0.4) is 0 Å². The lowest BCUT2D eigenvalue weighted by Gasteiger charge is -2.01. The Balaban J connectivity index is 2.23. The number of rotatable bonds is 7. The highest BCUT2D eigenvalue weighted by atomic mass is 32.1. The van der Waals surface area contributed by atoms with Crippen LogP contribution in [0.25, 0.3) is 0 Å². The lowest BCUT2D eigenvalue weighted by Crippen LogP contribution is -2.03. The van der Waals surface area contributed by atoms with Crippen molar-refractivity contribution in [2.24, 2.45) is 0 Å². The maximum Gasteiger partial charge on any atom is 0.355 e. The predicted octanol–water partition coefficient (Wildman–Crippen LogP) is 1.68. The average molecular weight is 230 g/mol. The zero-order chi connectivity index (χ0) is 11.1. The molecule has 0 spiro atoms. The zero-order valence-electron chi connectivity index (χ0n) is 8.52. The van der Waals surface area contributed by atoms with Gasteiger partial charge in [0.1, 0.15) is 0 Å². The molecule has 0 aliphatic heterocycles. The van der Waals surface area contributed by atoms with E-state index in [0.717, 1.165) is 26.0 Å². The molecule has 0 fully saturated rings. The number of carboxylic acids is 1. The van der Waals surface area contributed by atoms with Crippen LogP contribution in [0.15, 0.2) is 5.38 Å². The molecule has 0 atom stereocenters. The van der Waals surface area contributed by atoms with E-state index in [0.29, 0.717) is 5.13 Å². The maximum atomic E-state index is 10.5. The molecule has 0 saturated heterocycles. The van der Waals surface area contributed by atoms with Crippen molar-refractivity contribution in [1.82, 2.24) is 4.98 Å². The van der Waals surface area contributed by atoms with Crippen molar-refractivity contribution in [3.05, 3.63) is 11.1 Å². The average Bonchev–Trinajstić information content (AvgIpc) is 2.66. The number of hydrogen-bond donors (Lipinski definition) is 2. The summed E-state index contributed by atoms with van der Waals surface area (Å²) in [6.07, 6.45) is 1.97. The lowest BCUT2D eigenvalue weighted by atomic mass is 10.3. The number of carbonyl (C=O) groups is 1. The summed E-state index contributed by atoms with van der Waals surface area (Å²) in [6.45, 7) is 1.54. The van der Waals surface area contributed by atoms with Crippen LogP contribution >= 0.6 is 11.3 Å². The minimum atomic E-state index is -0.987. The highest BCUT2D eigenvalue weighted by molar-refractivity contribution is 7.13. The third-order valence-corrected chi connectivity index (χ3v) is 2.57. The molecule has 0 bridgehead atoms. The van der Waals surface area contributed by atoms with Crippen LogP contribution in [-0.2, 0) is 4.74 Å². The van der Waals surface area contributed by atoms with Gasteiger partial charge in [-0.25, -0.2) is 9.78 Å². The van der Waals surface area contributed by atoms with E-state index in [1.165, 1.54) is 16.7 Å². The van der Waals surface area contributed by atoms with Gasteiger partial charge in [0, 0.05) is 25.6 Å². The molecule has 0 amide bonds. The van der Waals surface area contributed by atoms with Gasteiger partial charge in [0.05, 0.1) is 0 Å². The zero-order valence-corrected chi connectivity index (χ0v) is 9.34. The quantitative estimate of drug-likeness (QED) is 0.697. The molecule has 0 radical (unpaired) electrons. The fraction of sp³-hybridized carbons (Fsp3) is 0.556. The number of nitrogens with one attached hydrogen (secondary N) is 1. The maximum absolute atomic E-state index is 10.5. The van der Waals surface area contributed by atoms with E-state index in [4.69, 9.17) is 9.84 Å². The fourth-order valence-electron chi connectivity index (χ4n) is 1.02. The normalized spacial score (nSPS) is 10.2. The molecule has 6 heteroatoms. The Bertz CT molecular complexity index is 314. The minimum absolute atomic E-state index is 0.0967. The second-order valence-corrected chi connectivity index (χ2v) is 3.83. The van der Waals surface area contributed by atoms with Crippen molar-refractivity contribution in [2.75, 3.05) is 25.6 Å². The summed E-state index contributed by atoms with van der Waals surface area (Å²) in [7, 11) is 1.67. The van der Waals surface area contributed by atoms with E-state index in [9.17, 15) is 4.79 Å². The van der Waals surface area contributed by atoms with Gasteiger partial charge < -0.3 is 15.2 Å². The van der Waals surface area contributed by atoms with Crippen molar-refractivity contribution in [3.63, 3.8) is 0 Å². The Morgan fingerprint density at radius 2 is 2.47 bits per heavy atom. The minimum Gasteiger partial charge on any atom is -0.476 e. The lowest BCUT2D eigenvalue weighted by molar-refractivity contribution is 0.0691. The first-order valence-corrected chi connectivity index (χ1v) is 5.53. The van der Waals surface area contributed by atoms with Crippen LogP contribution < -0.4 is 5.32 Å². The molecule has 0 unspecified atom stereocenters. The smallest absolute Gasteiger partial charge is 0.355 e. The molecule has 0 aliphatic carbocycles. The molecule has 1 aromatic rings. The van der Waals surface area contributed by atoms with Gasteiger partial charge in [-0.15, -0.1) is 11.3 Å². The van der Waals surface area contributed by atoms with Gasteiger partial charge in [-0.2, -0.15) is 0 Å². The van der Waals surface area contributed by atoms with Gasteiger partial charge in [0.15, 0.2) is 10.8 Å². The van der Waals surface area contributed by atoms with Crippen LogP contribution in [-0.4, -0.2) is 36.3 Å². The molecule has 0 saturated carbocycles. The fourth-order valence-corrected chi connectivity index (χ4v) is 1.73. The summed E-state index contributed by atoms with van der Waals surface area (Å²) < 4.78 is 4.91. The van der Waals surface area contributed by atoms with Crippen LogP contribution in [0.5, 0.6) is 0 Å². The number of nitrogens with zero attached hydrogens (tertiary/aromatic N) is 1. The van der Waals surface area contributed by atoms with E-state index in [1.54, 1.807) is 7.11 Å². The van der Waals surface area contributed by atoms with Gasteiger partial charge in [0.25, 0.3) is 0 Å². The Morgan fingerprint density at radius 1 is 1.67 bits per heavy atom. The molecule has 1 heterocycles. The summed E-state index contributed by atoms with van der Waals surface area (Å²) in [5, 5.41) is 13.9. The second-order valence-electron chi connectivity index (χ2n) is 2.97. The second kappa shape index (κ2) is 6.36. The number of ether oxygens (including phenoxy) is 1. The van der Waals surface area contributed by atoms with E-state index < -0.39 is 5.97 Å². The monoisotopic (exact) mass is 230 g/mol. The third kappa shape index (κ3) is 4.26. The Kier molecular flexibility index (Phi) is 5.06. The first-order valence-electron chi connectivity index (χ1n) is 4.65. The van der Waals surface area contributed by atoms with Gasteiger partial charge in [-0.1, -0.05) is 0 Å². The molecule has 15 heavy (non-hydrogen) atoms. The molecule has 1 rings (SSSR count). The molecule has 2 N–H and O–H groups in total. The Labute approximate surface area is 92.1 Å². The number of anilines is 1. The van der Waals surface area contributed by atoms with Crippen molar-refractivity contribution in [1.29, 1.82) is 0 Å². The van der Waals surface area contributed by atoms with E-state index >= 15 is 0 Å². The van der Waals surface area contributed by atoms with E-state index in [-0.39, 0.29) is 5.69 Å². The summed E-state index contributed by atoms with van der Waals surface area (Å²) in [5.74, 6) is -0.987. The van der Waals surface area contributed by atoms with Crippen molar-refractivity contribution < 1.29 is 14.6 Å². The highest BCUT2D eigenvalue weighted by Crippen LogP contribution is 2.15. The first-order chi connectivity index (χ1) is 7.24. The summed E-state index contributed by atoms with van der Waals surface area (Å²) in [5.41, 5.74) is 0.0967. The van der Waals surface area contributed by atoms with Crippen LogP contribution in [0.1, 0.15) is 23.3 Å². The van der Waals surface area contributed by atoms with Crippen molar-refractivity contribution in [3.8, 4) is 0 Å². The molecule has 0 aromatic carbocycles. The van der Waals surface area contributed by atoms with Gasteiger partial charge in [-0.05, 0) is 12.8 Å². The van der Waals surface area contributed by atoms with E-state index in [2.05, 4.69) is 10.3 Å². The molecular weight excluding hydrogens is 216 g/mol. The molecule has 0 aliphatic rings. The summed E-state index contributed by atoms with van der Waals surface area (Å²) in [4.78, 5) is 14.4. The van der Waals surface area contributed by atoms with Crippen LogP contribution in [0.4, 0.5) is 5.13 Å². The number of aromatic carboxylic acids is 1. The highest BCUT2D eigenvalue weighted by Gasteiger charge is 2.07. The standard InChI is InChI=1S/C9H14N2O3S/c1-14-5-3-2-4-10-9-11-7(6-15-9)8(12)13/h6H,2-5H2,1H3,(H,10,11)(H,12,13). The van der Waals surface area contributed by atoms with Crippen molar-refractivity contribution >= 4 is 22.4 Å². The Morgan fingerprint density at radius 3 is 3.07 bits per heavy atom. The third-order valence-electron chi connectivity index (χ3n) is 1.77. The first kappa shape index (κ1) is 11.9. The number of hydrogen-bond acceptors (Lipinski definition) is 5. The largest absolute Gasteiger partial charge is 0.476 e. The van der Waals surface area contributed by atoms with Crippen LogP contribution in [0, 0.1) is 0 Å². The molecule has 5 nitrogen and oxygen atoms in total. The molecule has 84 valence electrons. The van der Waals surface area contributed by atoms with Gasteiger partial charge in [-0.3, -0.25) is 0 Å². The van der Waals surface area contributed by atoms with Gasteiger partial charge in [0.2, 0.25) is 0 Å². The summed E-state index contributed by atoms with van der Waals surface area (Å²) >= 11 is 1.31. The predicted molar refractivity (Wildman–Crippen MR) is 58.7 cm³/mol. The summed E-state index contributed by atoms with van der Waals surface area (Å²) in [6, 6.07) is 0. The number of thiazole rings is 1. The van der Waals surface area contributed by atoms with E-state index in [1.807, 2.05) is 0 Å². The number of aromatic nitrogens is 1. The molecule has 1 aromatic heterocycles. The Hall–Kier alpha value is -1.14. The SMILES string of the molecule is COCCCCNc1nc(C(=O)O)cs1. The number of unbranched alkanes of at least 4 members (excludes halogenated alkanes) is 1. The topological polar surface area (TPSA) is 71.5 Å². The van der Waals surface area contributed by atoms with Crippen LogP contribution in [0.2, 0.25) is 0 Å². The number of carboxylic acid groups (broad SMARTS) is 1. The van der Waals surface area contributed by atoms with Gasteiger partial charge >= 0.3 is 5.97 Å². The molecular formula is C9H14N2O3S.